The highest BCUT2D eigenvalue weighted by Crippen LogP contribution is 2.42. The lowest BCUT2D eigenvalue weighted by Crippen LogP contribution is -2.25. The van der Waals surface area contributed by atoms with Crippen molar-refractivity contribution in [2.45, 2.75) is 32.8 Å². The van der Waals surface area contributed by atoms with Gasteiger partial charge in [0.25, 0.3) is 5.91 Å². The molecule has 7 nitrogen and oxygen atoms in total. The average Bonchev–Trinajstić information content (AvgIpc) is 3.35. The Labute approximate surface area is 199 Å². The predicted molar refractivity (Wildman–Crippen MR) is 128 cm³/mol. The number of halogens is 2. The molecule has 176 valence electrons. The van der Waals surface area contributed by atoms with E-state index in [-0.39, 0.29) is 16.8 Å². The van der Waals surface area contributed by atoms with Crippen LogP contribution in [0.4, 0.5) is 26.1 Å². The summed E-state index contributed by atoms with van der Waals surface area (Å²) in [5.74, 6) is -0.784. The molecular formula is C26H21F2N5O2. The zero-order chi connectivity index (χ0) is 24.9. The second-order valence-corrected chi connectivity index (χ2v) is 9.06. The number of nitriles is 1. The van der Waals surface area contributed by atoms with E-state index < -0.39 is 23.1 Å². The number of nitrogens with one attached hydrogen (secondary N) is 3. The van der Waals surface area contributed by atoms with Gasteiger partial charge in [-0.3, -0.25) is 4.79 Å². The molecule has 0 saturated heterocycles. The second kappa shape index (κ2) is 8.09. The first-order chi connectivity index (χ1) is 16.6. The van der Waals surface area contributed by atoms with Crippen LogP contribution >= 0.6 is 0 Å². The molecule has 0 bridgehead atoms. The lowest BCUT2D eigenvalue weighted by molar-refractivity contribution is 0.101. The molecule has 9 heteroatoms. The molecule has 0 atom stereocenters. The summed E-state index contributed by atoms with van der Waals surface area (Å²) < 4.78 is 34.0. The van der Waals surface area contributed by atoms with E-state index in [2.05, 4.69) is 20.6 Å². The number of imidazole rings is 1. The van der Waals surface area contributed by atoms with Crippen molar-refractivity contribution in [2.75, 3.05) is 10.6 Å². The molecule has 1 aliphatic rings. The van der Waals surface area contributed by atoms with Crippen LogP contribution < -0.4 is 15.4 Å². The van der Waals surface area contributed by atoms with Gasteiger partial charge in [0.2, 0.25) is 5.95 Å². The Balaban J connectivity index is 1.58. The maximum Gasteiger partial charge on any atom is 0.259 e. The lowest BCUT2D eigenvalue weighted by atomic mass is 9.98. The number of aromatic amines is 1. The molecular weight excluding hydrogens is 452 g/mol. The van der Waals surface area contributed by atoms with Crippen molar-refractivity contribution in [3.8, 4) is 11.8 Å². The summed E-state index contributed by atoms with van der Waals surface area (Å²) in [7, 11) is 0. The molecule has 1 amide bonds. The summed E-state index contributed by atoms with van der Waals surface area (Å²) in [6.45, 7) is 5.61. The highest BCUT2D eigenvalue weighted by molar-refractivity contribution is 6.09. The standard InChI is InChI=1S/C26H21F2N5O2/c1-13-5-4-6-18(28)21(13)32-25-31-20-10-16(23-17(22(20)33-25)11-26(2,3)35-23)24(34)30-19-8-7-15(27)9-14(19)12-29/h4-10H,11H2,1-3H3,(H,30,34)(H2,31,32,33). The number of hydrogen-bond donors (Lipinski definition) is 3. The van der Waals surface area contributed by atoms with E-state index >= 15 is 0 Å². The molecule has 35 heavy (non-hydrogen) atoms. The Morgan fingerprint density at radius 1 is 1.23 bits per heavy atom. The Morgan fingerprint density at radius 3 is 2.77 bits per heavy atom. The minimum atomic E-state index is -0.575. The van der Waals surface area contributed by atoms with Crippen molar-refractivity contribution < 1.29 is 18.3 Å². The molecule has 0 saturated carbocycles. The van der Waals surface area contributed by atoms with Crippen LogP contribution in [0.5, 0.6) is 5.75 Å². The third kappa shape index (κ3) is 4.04. The van der Waals surface area contributed by atoms with E-state index in [4.69, 9.17) is 4.74 Å². The van der Waals surface area contributed by atoms with Gasteiger partial charge in [0.1, 0.15) is 29.1 Å². The molecule has 4 aromatic rings. The summed E-state index contributed by atoms with van der Waals surface area (Å²) in [6.07, 6.45) is 0.514. The molecule has 3 aromatic carbocycles. The fourth-order valence-corrected chi connectivity index (χ4v) is 4.27. The summed E-state index contributed by atoms with van der Waals surface area (Å²) in [6, 6.07) is 11.8. The van der Waals surface area contributed by atoms with Gasteiger partial charge in [0, 0.05) is 12.0 Å². The summed E-state index contributed by atoms with van der Waals surface area (Å²) in [4.78, 5) is 21.0. The van der Waals surface area contributed by atoms with E-state index in [0.29, 0.717) is 40.4 Å². The fraction of sp³-hybridized carbons (Fsp3) is 0.192. The smallest absolute Gasteiger partial charge is 0.259 e. The van der Waals surface area contributed by atoms with Crippen LogP contribution in [0.25, 0.3) is 11.0 Å². The van der Waals surface area contributed by atoms with Crippen LogP contribution in [-0.4, -0.2) is 21.5 Å². The molecule has 0 aliphatic carbocycles. The molecule has 0 fully saturated rings. The van der Waals surface area contributed by atoms with Gasteiger partial charge in [0.15, 0.2) is 0 Å². The third-order valence-electron chi connectivity index (χ3n) is 5.87. The van der Waals surface area contributed by atoms with Gasteiger partial charge in [-0.1, -0.05) is 12.1 Å². The van der Waals surface area contributed by atoms with Gasteiger partial charge in [-0.15, -0.1) is 0 Å². The fourth-order valence-electron chi connectivity index (χ4n) is 4.27. The number of carbonyl (C=O) groups is 1. The number of aryl methyl sites for hydroxylation is 1. The summed E-state index contributed by atoms with van der Waals surface area (Å²) in [5.41, 5.74) is 2.80. The lowest BCUT2D eigenvalue weighted by Gasteiger charge is -2.18. The topological polar surface area (TPSA) is 103 Å². The first-order valence-electron chi connectivity index (χ1n) is 10.9. The zero-order valence-electron chi connectivity index (χ0n) is 19.2. The maximum absolute atomic E-state index is 14.4. The van der Waals surface area contributed by atoms with Crippen molar-refractivity contribution >= 4 is 34.3 Å². The number of fused-ring (bicyclic) bond motifs is 3. The van der Waals surface area contributed by atoms with E-state index in [0.717, 1.165) is 11.6 Å². The predicted octanol–water partition coefficient (Wildman–Crippen LogP) is 5.73. The van der Waals surface area contributed by atoms with Gasteiger partial charge >= 0.3 is 0 Å². The first-order valence-corrected chi connectivity index (χ1v) is 10.9. The second-order valence-electron chi connectivity index (χ2n) is 9.06. The monoisotopic (exact) mass is 473 g/mol. The largest absolute Gasteiger partial charge is 0.486 e. The van der Waals surface area contributed by atoms with Crippen molar-refractivity contribution in [3.05, 3.63) is 76.4 Å². The summed E-state index contributed by atoms with van der Waals surface area (Å²) >= 11 is 0. The van der Waals surface area contributed by atoms with Gasteiger partial charge in [-0.2, -0.15) is 5.26 Å². The zero-order valence-corrected chi connectivity index (χ0v) is 19.2. The van der Waals surface area contributed by atoms with Crippen molar-refractivity contribution in [1.82, 2.24) is 9.97 Å². The molecule has 0 spiro atoms. The number of nitrogens with zero attached hydrogens (tertiary/aromatic N) is 2. The van der Waals surface area contributed by atoms with E-state index in [1.807, 2.05) is 19.9 Å². The third-order valence-corrected chi connectivity index (χ3v) is 5.87. The van der Waals surface area contributed by atoms with E-state index in [1.54, 1.807) is 25.1 Å². The molecule has 0 radical (unpaired) electrons. The molecule has 0 unspecified atom stereocenters. The van der Waals surface area contributed by atoms with Gasteiger partial charge < -0.3 is 20.4 Å². The quantitative estimate of drug-likeness (QED) is 0.351. The Kier molecular flexibility index (Phi) is 5.17. The maximum atomic E-state index is 14.4. The Bertz CT molecular complexity index is 1530. The van der Waals surface area contributed by atoms with E-state index in [9.17, 15) is 18.8 Å². The number of rotatable bonds is 4. The number of hydrogen-bond acceptors (Lipinski definition) is 5. The molecule has 3 N–H and O–H groups in total. The van der Waals surface area contributed by atoms with Gasteiger partial charge in [-0.25, -0.2) is 13.8 Å². The Morgan fingerprint density at radius 2 is 2.03 bits per heavy atom. The van der Waals surface area contributed by atoms with E-state index in [1.165, 1.54) is 18.2 Å². The van der Waals surface area contributed by atoms with Crippen molar-refractivity contribution in [1.29, 1.82) is 5.26 Å². The minimum Gasteiger partial charge on any atom is -0.486 e. The van der Waals surface area contributed by atoms with Crippen LogP contribution in [0, 0.1) is 29.9 Å². The minimum absolute atomic E-state index is 0.00355. The van der Waals surface area contributed by atoms with Crippen LogP contribution in [0.3, 0.4) is 0 Å². The highest BCUT2D eigenvalue weighted by Gasteiger charge is 2.36. The number of amides is 1. The summed E-state index contributed by atoms with van der Waals surface area (Å²) in [5, 5.41) is 15.0. The van der Waals surface area contributed by atoms with Crippen molar-refractivity contribution in [3.63, 3.8) is 0 Å². The number of aromatic nitrogens is 2. The SMILES string of the molecule is Cc1cccc(F)c1Nc1nc2cc(C(=O)Nc3ccc(F)cc3C#N)c3c(c2[nH]1)CC(C)(C)O3. The van der Waals surface area contributed by atoms with Crippen LogP contribution in [0.1, 0.15) is 40.9 Å². The van der Waals surface area contributed by atoms with Crippen LogP contribution in [0.15, 0.2) is 42.5 Å². The number of ether oxygens (including phenoxy) is 1. The van der Waals surface area contributed by atoms with Crippen LogP contribution in [0.2, 0.25) is 0 Å². The highest BCUT2D eigenvalue weighted by atomic mass is 19.1. The molecule has 2 heterocycles. The first kappa shape index (κ1) is 22.3. The molecule has 5 rings (SSSR count). The van der Waals surface area contributed by atoms with Gasteiger partial charge in [-0.05, 0) is 56.7 Å². The Hall–Kier alpha value is -4.45. The number of benzene rings is 3. The average molecular weight is 473 g/mol. The van der Waals surface area contributed by atoms with Crippen molar-refractivity contribution in [2.24, 2.45) is 0 Å². The molecule has 1 aliphatic heterocycles. The number of para-hydroxylation sites is 1. The normalized spacial score (nSPS) is 13.7. The number of carbonyl (C=O) groups excluding carboxylic acids is 1. The van der Waals surface area contributed by atoms with Gasteiger partial charge in [0.05, 0.1) is 33.5 Å². The number of H-pyrrole nitrogens is 1. The van der Waals surface area contributed by atoms with Crippen LogP contribution in [-0.2, 0) is 6.42 Å². The number of anilines is 3. The molecule has 1 aromatic heterocycles.